The number of guanidine groups is 1. The predicted octanol–water partition coefficient (Wildman–Crippen LogP) is 8.55. The molecule has 0 aliphatic rings. The molecule has 0 fully saturated rings. The number of alkyl carbamates (subject to hydrolysis) is 2. The number of hydrogen-bond donors (Lipinski definition) is 2. The van der Waals surface area contributed by atoms with Crippen LogP contribution >= 0.6 is 0 Å². The summed E-state index contributed by atoms with van der Waals surface area (Å²) in [6, 6.07) is 21.3. The number of aliphatic imine (C=N–C) groups is 1. The highest BCUT2D eigenvalue weighted by molar-refractivity contribution is 6.02. The molecule has 0 bridgehead atoms. The summed E-state index contributed by atoms with van der Waals surface area (Å²) in [5, 5.41) is 5.47. The van der Waals surface area contributed by atoms with Crippen LogP contribution in [0.5, 0.6) is 5.75 Å². The first-order valence-corrected chi connectivity index (χ1v) is 19.6. The Morgan fingerprint density at radius 2 is 1.23 bits per heavy atom. The number of carbonyl (C=O) groups excluding carboxylic acids is 7. The van der Waals surface area contributed by atoms with Crippen molar-refractivity contribution in [1.82, 2.24) is 20.5 Å². The maximum atomic E-state index is 14.0. The summed E-state index contributed by atoms with van der Waals surface area (Å²) in [6.07, 6.45) is -1.44. The SMILES string of the molecule is CC(C)(C)CN(Cc1cccc(C(=O)OC(C)(C)C)c1)C(=O)c1ccc2cc(OC(=O)c3ccc(N=C(NC(=O)OC(C)(C)C)NC(=O)OC(C)(C)C)cc3)ccc2n1.O=C=O. The van der Waals surface area contributed by atoms with Crippen LogP contribution in [-0.2, 0) is 30.3 Å². The normalized spacial score (nSPS) is 11.4. The molecule has 2 N–H and O–H groups in total. The van der Waals surface area contributed by atoms with Crippen LogP contribution in [0, 0.1) is 5.41 Å². The van der Waals surface area contributed by atoms with Gasteiger partial charge in [-0.1, -0.05) is 39.0 Å². The molecule has 0 aliphatic carbocycles. The Hall–Kier alpha value is -6.93. The molecule has 16 heteroatoms. The second kappa shape index (κ2) is 20.6. The van der Waals surface area contributed by atoms with E-state index in [1.165, 1.54) is 24.3 Å². The van der Waals surface area contributed by atoms with Gasteiger partial charge in [-0.15, -0.1) is 0 Å². The van der Waals surface area contributed by atoms with Crippen LogP contribution < -0.4 is 15.4 Å². The van der Waals surface area contributed by atoms with Crippen molar-refractivity contribution in [2.24, 2.45) is 10.4 Å². The smallest absolute Gasteiger partial charge is 0.414 e. The van der Waals surface area contributed by atoms with Crippen molar-refractivity contribution in [3.05, 3.63) is 101 Å². The highest BCUT2D eigenvalue weighted by atomic mass is 16.6. The third kappa shape index (κ3) is 17.3. The lowest BCUT2D eigenvalue weighted by Gasteiger charge is -2.30. The molecule has 330 valence electrons. The van der Waals surface area contributed by atoms with Crippen LogP contribution in [0.15, 0.2) is 83.9 Å². The lowest BCUT2D eigenvalue weighted by molar-refractivity contribution is -0.191. The molecule has 4 rings (SSSR count). The molecule has 16 nitrogen and oxygen atoms in total. The van der Waals surface area contributed by atoms with Gasteiger partial charge in [-0.05, 0) is 134 Å². The Morgan fingerprint density at radius 3 is 1.76 bits per heavy atom. The van der Waals surface area contributed by atoms with Crippen LogP contribution in [-0.4, -0.2) is 75.4 Å². The molecule has 1 aromatic heterocycles. The molecule has 0 saturated carbocycles. The Morgan fingerprint density at radius 1 is 0.661 bits per heavy atom. The van der Waals surface area contributed by atoms with Gasteiger partial charge in [-0.2, -0.15) is 9.59 Å². The molecule has 4 aromatic rings. The van der Waals surface area contributed by atoms with E-state index in [2.05, 4.69) is 20.6 Å². The van der Waals surface area contributed by atoms with E-state index in [1.807, 2.05) is 47.6 Å². The minimum absolute atomic E-state index is 0.209. The molecule has 3 amide bonds. The van der Waals surface area contributed by atoms with E-state index in [1.54, 1.807) is 95.0 Å². The molecule has 1 heterocycles. The number of ether oxygens (including phenoxy) is 4. The van der Waals surface area contributed by atoms with E-state index in [4.69, 9.17) is 28.5 Å². The first-order valence-electron chi connectivity index (χ1n) is 19.6. The van der Waals surface area contributed by atoms with Crippen molar-refractivity contribution in [2.45, 2.75) is 106 Å². The lowest BCUT2D eigenvalue weighted by Crippen LogP contribution is -2.47. The van der Waals surface area contributed by atoms with Gasteiger partial charge in [0.05, 0.1) is 22.3 Å². The third-order valence-corrected chi connectivity index (χ3v) is 7.56. The van der Waals surface area contributed by atoms with E-state index in [9.17, 15) is 24.0 Å². The number of esters is 2. The van der Waals surface area contributed by atoms with E-state index in [0.717, 1.165) is 5.56 Å². The molecule has 0 saturated heterocycles. The van der Waals surface area contributed by atoms with Gasteiger partial charge in [0.1, 0.15) is 28.2 Å². The molecule has 3 aromatic carbocycles. The molecule has 0 unspecified atom stereocenters. The van der Waals surface area contributed by atoms with E-state index in [0.29, 0.717) is 28.7 Å². The number of aromatic nitrogens is 1. The topological polar surface area (TPSA) is 209 Å². The Labute approximate surface area is 361 Å². The van der Waals surface area contributed by atoms with Gasteiger partial charge >= 0.3 is 30.3 Å². The van der Waals surface area contributed by atoms with E-state index < -0.39 is 40.9 Å². The number of pyridine rings is 1. The summed E-state index contributed by atoms with van der Waals surface area (Å²) in [5.41, 5.74) is -0.0411. The predicted molar refractivity (Wildman–Crippen MR) is 230 cm³/mol. The van der Waals surface area contributed by atoms with E-state index in [-0.39, 0.29) is 47.0 Å². The second-order valence-corrected chi connectivity index (χ2v) is 18.2. The van der Waals surface area contributed by atoms with Crippen molar-refractivity contribution in [3.8, 4) is 5.75 Å². The van der Waals surface area contributed by atoms with E-state index >= 15 is 0 Å². The summed E-state index contributed by atoms with van der Waals surface area (Å²) in [6.45, 7) is 22.4. The number of amides is 3. The zero-order valence-corrected chi connectivity index (χ0v) is 37.3. The average molecular weight is 854 g/mol. The van der Waals surface area contributed by atoms with Crippen LogP contribution in [0.1, 0.15) is 120 Å². The standard InChI is InChI=1S/C45H55N5O9.CO2/c1-42(2,3)27-50(26-28-14-13-15-31(24-28)38(53)57-43(4,5)6)36(51)35-22-18-30-25-33(21-23-34(30)47-35)56-37(52)29-16-19-32(20-17-29)46-39(48-40(54)58-44(7,8)9)49-41(55)59-45(10,11)12;2-1-3/h13-25H,26-27H2,1-12H3,(H2,46,48,49,54,55);. The molecule has 0 spiro atoms. The van der Waals surface area contributed by atoms with Gasteiger partial charge in [0.15, 0.2) is 0 Å². The Bertz CT molecular complexity index is 2290. The van der Waals surface area contributed by atoms with Crippen LogP contribution in [0.3, 0.4) is 0 Å². The largest absolute Gasteiger partial charge is 0.456 e. The summed E-state index contributed by atoms with van der Waals surface area (Å²) < 4.78 is 21.8. The molecule has 62 heavy (non-hydrogen) atoms. The van der Waals surface area contributed by atoms with Gasteiger partial charge in [-0.25, -0.2) is 29.2 Å². The number of fused-ring (bicyclic) bond motifs is 1. The fourth-order valence-corrected chi connectivity index (χ4v) is 5.43. The quantitative estimate of drug-likeness (QED) is 0.0562. The average Bonchev–Trinajstić information content (AvgIpc) is 3.12. The van der Waals surface area contributed by atoms with Gasteiger partial charge in [0, 0.05) is 18.5 Å². The maximum absolute atomic E-state index is 14.0. The Kier molecular flexibility index (Phi) is 16.4. The number of rotatable bonds is 8. The maximum Gasteiger partial charge on any atom is 0.414 e. The number of hydrogen-bond acceptors (Lipinski definition) is 13. The number of carbonyl (C=O) groups is 5. The van der Waals surface area contributed by atoms with Crippen molar-refractivity contribution < 1.29 is 52.5 Å². The number of nitrogens with one attached hydrogen (secondary N) is 2. The van der Waals surface area contributed by atoms with Crippen molar-refractivity contribution in [1.29, 1.82) is 0 Å². The minimum Gasteiger partial charge on any atom is -0.456 e. The monoisotopic (exact) mass is 853 g/mol. The number of benzene rings is 3. The fourth-order valence-electron chi connectivity index (χ4n) is 5.43. The minimum atomic E-state index is -0.845. The van der Waals surface area contributed by atoms with Gasteiger partial charge in [0.25, 0.3) is 5.91 Å². The van der Waals surface area contributed by atoms with Crippen molar-refractivity contribution >= 4 is 58.7 Å². The molecule has 0 radical (unpaired) electrons. The molecular formula is C46H55N5O11. The Balaban J connectivity index is 0.00000331. The van der Waals surface area contributed by atoms with Crippen LogP contribution in [0.2, 0.25) is 0 Å². The van der Waals surface area contributed by atoms with Crippen molar-refractivity contribution in [2.75, 3.05) is 6.54 Å². The summed E-state index contributed by atoms with van der Waals surface area (Å²) in [4.78, 5) is 91.7. The zero-order chi connectivity index (χ0) is 46.6. The van der Waals surface area contributed by atoms with Crippen LogP contribution in [0.4, 0.5) is 15.3 Å². The first-order chi connectivity index (χ1) is 28.6. The van der Waals surface area contributed by atoms with Gasteiger partial charge < -0.3 is 23.8 Å². The summed E-state index contributed by atoms with van der Waals surface area (Å²) in [5.74, 6) is -1.35. The highest BCUT2D eigenvalue weighted by Gasteiger charge is 2.26. The summed E-state index contributed by atoms with van der Waals surface area (Å²) in [7, 11) is 0. The first kappa shape index (κ1) is 49.4. The highest BCUT2D eigenvalue weighted by Crippen LogP contribution is 2.25. The molecular weight excluding hydrogens is 799 g/mol. The third-order valence-electron chi connectivity index (χ3n) is 7.56. The fraction of sp³-hybridized carbons (Fsp3) is 0.391. The van der Waals surface area contributed by atoms with Gasteiger partial charge in [-0.3, -0.25) is 15.4 Å². The molecule has 0 aliphatic heterocycles. The molecule has 0 atom stereocenters. The van der Waals surface area contributed by atoms with Crippen molar-refractivity contribution in [3.63, 3.8) is 0 Å². The second-order valence-electron chi connectivity index (χ2n) is 18.2. The number of nitrogens with zero attached hydrogens (tertiary/aromatic N) is 3. The zero-order valence-electron chi connectivity index (χ0n) is 37.3. The lowest BCUT2D eigenvalue weighted by atomic mass is 9.95. The van der Waals surface area contributed by atoms with Gasteiger partial charge in [0.2, 0.25) is 5.96 Å². The van der Waals surface area contributed by atoms with Crippen LogP contribution in [0.25, 0.3) is 10.9 Å². The summed E-state index contributed by atoms with van der Waals surface area (Å²) >= 11 is 0.